The number of nitrogens with one attached hydrogen (secondary N) is 2. The van der Waals surface area contributed by atoms with Crippen molar-refractivity contribution >= 4 is 6.03 Å². The van der Waals surface area contributed by atoms with E-state index in [1.807, 2.05) is 12.1 Å². The molecule has 2 aliphatic rings. The third kappa shape index (κ3) is 6.20. The number of likely N-dealkylation sites (tertiary alicyclic amines) is 1. The summed E-state index contributed by atoms with van der Waals surface area (Å²) < 4.78 is 5.85. The van der Waals surface area contributed by atoms with Gasteiger partial charge in [0.05, 0.1) is 0 Å². The fraction of sp³-hybridized carbons (Fsp3) is 0.684. The molecule has 0 unspecified atom stereocenters. The van der Waals surface area contributed by atoms with Gasteiger partial charge in [-0.2, -0.15) is 0 Å². The standard InChI is InChI=1S/C19H30N4O2/c24-19(20-10-13-23-11-4-1-5-12-23)22-15-16-8-9-18(21-14-16)25-17-6-2-3-7-17/h8-9,14,17H,1-7,10-13,15H2,(H2,20,22,24). The number of amides is 2. The first-order valence-electron chi connectivity index (χ1n) is 9.65. The van der Waals surface area contributed by atoms with Crippen LogP contribution in [0.3, 0.4) is 0 Å². The van der Waals surface area contributed by atoms with Crippen LogP contribution in [0.5, 0.6) is 5.88 Å². The Hall–Kier alpha value is -1.82. The maximum absolute atomic E-state index is 11.9. The summed E-state index contributed by atoms with van der Waals surface area (Å²) in [5.41, 5.74) is 0.977. The van der Waals surface area contributed by atoms with Gasteiger partial charge in [-0.3, -0.25) is 0 Å². The number of carbonyl (C=O) groups is 1. The molecule has 0 radical (unpaired) electrons. The Kier molecular flexibility index (Phi) is 6.91. The average molecular weight is 346 g/mol. The van der Waals surface area contributed by atoms with E-state index in [0.29, 0.717) is 25.1 Å². The molecule has 0 bridgehead atoms. The second-order valence-corrected chi connectivity index (χ2v) is 7.04. The number of aromatic nitrogens is 1. The monoisotopic (exact) mass is 346 g/mol. The Balaban J connectivity index is 1.31. The molecular formula is C19H30N4O2. The van der Waals surface area contributed by atoms with Crippen LogP contribution >= 0.6 is 0 Å². The van der Waals surface area contributed by atoms with Gasteiger partial charge in [-0.05, 0) is 57.2 Å². The number of hydrogen-bond donors (Lipinski definition) is 2. The van der Waals surface area contributed by atoms with E-state index in [9.17, 15) is 4.79 Å². The molecule has 0 atom stereocenters. The molecule has 1 saturated carbocycles. The minimum absolute atomic E-state index is 0.122. The molecule has 0 aromatic carbocycles. The fourth-order valence-electron chi connectivity index (χ4n) is 3.52. The van der Waals surface area contributed by atoms with Crippen molar-refractivity contribution in [2.75, 3.05) is 26.2 Å². The van der Waals surface area contributed by atoms with Gasteiger partial charge < -0.3 is 20.3 Å². The molecule has 25 heavy (non-hydrogen) atoms. The van der Waals surface area contributed by atoms with Gasteiger partial charge in [0.25, 0.3) is 0 Å². The van der Waals surface area contributed by atoms with Gasteiger partial charge in [0.1, 0.15) is 6.10 Å². The molecule has 1 aliphatic heterocycles. The number of pyridine rings is 1. The van der Waals surface area contributed by atoms with Crippen LogP contribution < -0.4 is 15.4 Å². The number of carbonyl (C=O) groups excluding carboxylic acids is 1. The number of rotatable bonds is 7. The predicted octanol–water partition coefficient (Wildman–Crippen LogP) is 2.69. The molecular weight excluding hydrogens is 316 g/mol. The molecule has 6 heteroatoms. The quantitative estimate of drug-likeness (QED) is 0.797. The van der Waals surface area contributed by atoms with E-state index in [0.717, 1.165) is 38.0 Å². The smallest absolute Gasteiger partial charge is 0.315 e. The molecule has 2 heterocycles. The molecule has 1 saturated heterocycles. The van der Waals surface area contributed by atoms with E-state index in [2.05, 4.69) is 20.5 Å². The first-order chi connectivity index (χ1) is 12.3. The van der Waals surface area contributed by atoms with Crippen LogP contribution in [0, 0.1) is 0 Å². The normalized spacial score (nSPS) is 18.9. The lowest BCUT2D eigenvalue weighted by Gasteiger charge is -2.26. The van der Waals surface area contributed by atoms with Gasteiger partial charge in [0, 0.05) is 31.9 Å². The summed E-state index contributed by atoms with van der Waals surface area (Å²) in [5, 5.41) is 5.80. The number of nitrogens with zero attached hydrogens (tertiary/aromatic N) is 2. The van der Waals surface area contributed by atoms with Gasteiger partial charge in [0.2, 0.25) is 5.88 Å². The third-order valence-corrected chi connectivity index (χ3v) is 5.00. The topological polar surface area (TPSA) is 66.5 Å². The van der Waals surface area contributed by atoms with Crippen LogP contribution in [0.25, 0.3) is 0 Å². The van der Waals surface area contributed by atoms with Gasteiger partial charge in [0.15, 0.2) is 0 Å². The predicted molar refractivity (Wildman–Crippen MR) is 97.7 cm³/mol. The van der Waals surface area contributed by atoms with Crippen LogP contribution in [0.4, 0.5) is 4.79 Å². The van der Waals surface area contributed by atoms with Gasteiger partial charge >= 0.3 is 6.03 Å². The highest BCUT2D eigenvalue weighted by molar-refractivity contribution is 5.73. The lowest BCUT2D eigenvalue weighted by Crippen LogP contribution is -2.41. The average Bonchev–Trinajstić information content (AvgIpc) is 3.15. The van der Waals surface area contributed by atoms with Crippen molar-refractivity contribution in [1.82, 2.24) is 20.5 Å². The van der Waals surface area contributed by atoms with Crippen molar-refractivity contribution in [2.45, 2.75) is 57.6 Å². The van der Waals surface area contributed by atoms with Crippen molar-refractivity contribution < 1.29 is 9.53 Å². The summed E-state index contributed by atoms with van der Waals surface area (Å²) >= 11 is 0. The van der Waals surface area contributed by atoms with Crippen LogP contribution in [0.1, 0.15) is 50.5 Å². The lowest BCUT2D eigenvalue weighted by molar-refractivity contribution is 0.201. The Morgan fingerprint density at radius 2 is 1.92 bits per heavy atom. The van der Waals surface area contributed by atoms with Crippen LogP contribution in [0.15, 0.2) is 18.3 Å². The number of ether oxygens (including phenoxy) is 1. The molecule has 2 N–H and O–H groups in total. The zero-order chi connectivity index (χ0) is 17.3. The minimum atomic E-state index is -0.122. The van der Waals surface area contributed by atoms with Gasteiger partial charge in [-0.15, -0.1) is 0 Å². The molecule has 1 aliphatic carbocycles. The highest BCUT2D eigenvalue weighted by Crippen LogP contribution is 2.22. The van der Waals surface area contributed by atoms with Gasteiger partial charge in [-0.1, -0.05) is 12.5 Å². The maximum Gasteiger partial charge on any atom is 0.315 e. The summed E-state index contributed by atoms with van der Waals surface area (Å²) in [6.45, 7) is 4.42. The Bertz CT molecular complexity index is 523. The molecule has 1 aromatic rings. The van der Waals surface area contributed by atoms with Crippen LogP contribution in [-0.4, -0.2) is 48.2 Å². The molecule has 3 rings (SSSR count). The maximum atomic E-state index is 11.9. The second kappa shape index (κ2) is 9.61. The highest BCUT2D eigenvalue weighted by atomic mass is 16.5. The first-order valence-corrected chi connectivity index (χ1v) is 9.65. The molecule has 6 nitrogen and oxygen atoms in total. The summed E-state index contributed by atoms with van der Waals surface area (Å²) in [6.07, 6.45) is 10.7. The van der Waals surface area contributed by atoms with Crippen molar-refractivity contribution in [3.63, 3.8) is 0 Å². The third-order valence-electron chi connectivity index (χ3n) is 5.00. The Morgan fingerprint density at radius 1 is 1.12 bits per heavy atom. The van der Waals surface area contributed by atoms with Crippen molar-refractivity contribution in [2.24, 2.45) is 0 Å². The molecule has 0 spiro atoms. The van der Waals surface area contributed by atoms with E-state index in [-0.39, 0.29) is 6.03 Å². The SMILES string of the molecule is O=C(NCCN1CCCCC1)NCc1ccc(OC2CCCC2)nc1. The first kappa shape index (κ1) is 18.0. The van der Waals surface area contributed by atoms with Crippen molar-refractivity contribution in [3.05, 3.63) is 23.9 Å². The lowest BCUT2D eigenvalue weighted by atomic mass is 10.1. The van der Waals surface area contributed by atoms with E-state index in [1.165, 1.54) is 32.1 Å². The molecule has 1 aromatic heterocycles. The van der Waals surface area contributed by atoms with E-state index < -0.39 is 0 Å². The van der Waals surface area contributed by atoms with E-state index in [4.69, 9.17) is 4.74 Å². The zero-order valence-corrected chi connectivity index (χ0v) is 15.0. The second-order valence-electron chi connectivity index (χ2n) is 7.04. The van der Waals surface area contributed by atoms with Crippen molar-refractivity contribution in [1.29, 1.82) is 0 Å². The summed E-state index contributed by atoms with van der Waals surface area (Å²) in [7, 11) is 0. The van der Waals surface area contributed by atoms with E-state index in [1.54, 1.807) is 6.20 Å². The van der Waals surface area contributed by atoms with Gasteiger partial charge in [-0.25, -0.2) is 9.78 Å². The summed E-state index contributed by atoms with van der Waals surface area (Å²) in [5.74, 6) is 0.682. The van der Waals surface area contributed by atoms with Crippen molar-refractivity contribution in [3.8, 4) is 5.88 Å². The largest absolute Gasteiger partial charge is 0.474 e. The van der Waals surface area contributed by atoms with Crippen LogP contribution in [0.2, 0.25) is 0 Å². The molecule has 2 fully saturated rings. The minimum Gasteiger partial charge on any atom is -0.474 e. The molecule has 138 valence electrons. The summed E-state index contributed by atoms with van der Waals surface area (Å²) in [4.78, 5) is 18.6. The number of hydrogen-bond acceptors (Lipinski definition) is 4. The van der Waals surface area contributed by atoms with E-state index >= 15 is 0 Å². The number of piperidine rings is 1. The van der Waals surface area contributed by atoms with Crippen LogP contribution in [-0.2, 0) is 6.54 Å². The highest BCUT2D eigenvalue weighted by Gasteiger charge is 2.16. The Labute approximate surface area is 150 Å². The fourth-order valence-corrected chi connectivity index (χ4v) is 3.52. The Morgan fingerprint density at radius 3 is 2.64 bits per heavy atom. The number of urea groups is 1. The molecule has 2 amide bonds. The summed E-state index contributed by atoms with van der Waals surface area (Å²) in [6, 6.07) is 3.73. The zero-order valence-electron chi connectivity index (χ0n) is 15.0.